The van der Waals surface area contributed by atoms with Crippen LogP contribution in [0, 0.1) is 0 Å². The number of aliphatic hydroxyl groups excluding tert-OH is 1. The minimum atomic E-state index is -1.26. The number of ketones is 1. The van der Waals surface area contributed by atoms with Gasteiger partial charge in [0.1, 0.15) is 0 Å². The fraction of sp³-hybridized carbons (Fsp3) is 0.370. The van der Waals surface area contributed by atoms with Crippen molar-refractivity contribution in [2.75, 3.05) is 57.3 Å². The van der Waals surface area contributed by atoms with Crippen molar-refractivity contribution in [3.8, 4) is 0 Å². The molecule has 0 bridgehead atoms. The predicted octanol–water partition coefficient (Wildman–Crippen LogP) is 3.20. The molecule has 1 fully saturated rings. The molecule has 2 aliphatic rings. The topological polar surface area (TPSA) is 122 Å². The average molecular weight is 528 g/mol. The SMILES string of the molecule is CC(=O)c1ccc2c(c1)N(CCCN1CCN(CCO)CC1)c1ccccc1S2.O=C(O)/C=C/C(=O)O. The second-order valence-corrected chi connectivity index (χ2v) is 9.81. The van der Waals surface area contributed by atoms with E-state index in [1.165, 1.54) is 15.5 Å². The van der Waals surface area contributed by atoms with E-state index < -0.39 is 11.9 Å². The van der Waals surface area contributed by atoms with E-state index in [1.54, 1.807) is 18.7 Å². The van der Waals surface area contributed by atoms with Crippen LogP contribution in [0.15, 0.2) is 64.4 Å². The van der Waals surface area contributed by atoms with Gasteiger partial charge in [-0.05, 0) is 44.2 Å². The number of hydrogen-bond acceptors (Lipinski definition) is 8. The van der Waals surface area contributed by atoms with Crippen LogP contribution in [-0.2, 0) is 9.59 Å². The van der Waals surface area contributed by atoms with Gasteiger partial charge in [0.05, 0.1) is 18.0 Å². The largest absolute Gasteiger partial charge is 0.478 e. The number of carboxylic acids is 2. The summed E-state index contributed by atoms with van der Waals surface area (Å²) in [5, 5.41) is 24.7. The lowest BCUT2D eigenvalue weighted by Crippen LogP contribution is -2.47. The van der Waals surface area contributed by atoms with Crippen LogP contribution in [0.3, 0.4) is 0 Å². The Hall–Kier alpha value is -3.18. The summed E-state index contributed by atoms with van der Waals surface area (Å²) in [6.07, 6.45) is 2.19. The maximum atomic E-state index is 11.9. The monoisotopic (exact) mass is 527 g/mol. The zero-order valence-corrected chi connectivity index (χ0v) is 21.7. The first-order valence-corrected chi connectivity index (χ1v) is 13.0. The van der Waals surface area contributed by atoms with E-state index in [9.17, 15) is 14.4 Å². The van der Waals surface area contributed by atoms with Crippen molar-refractivity contribution in [1.29, 1.82) is 0 Å². The zero-order chi connectivity index (χ0) is 26.8. The van der Waals surface area contributed by atoms with E-state index in [2.05, 4.69) is 45.0 Å². The van der Waals surface area contributed by atoms with Gasteiger partial charge in [0.2, 0.25) is 0 Å². The minimum Gasteiger partial charge on any atom is -0.478 e. The van der Waals surface area contributed by atoms with Crippen LogP contribution in [0.4, 0.5) is 11.4 Å². The minimum absolute atomic E-state index is 0.109. The summed E-state index contributed by atoms with van der Waals surface area (Å²) in [6.45, 7) is 8.87. The highest BCUT2D eigenvalue weighted by atomic mass is 32.2. The number of aliphatic hydroxyl groups is 1. The number of piperazine rings is 1. The van der Waals surface area contributed by atoms with Crippen LogP contribution < -0.4 is 4.90 Å². The first-order valence-electron chi connectivity index (χ1n) is 12.2. The molecule has 0 atom stereocenters. The lowest BCUT2D eigenvalue weighted by atomic mass is 10.1. The summed E-state index contributed by atoms with van der Waals surface area (Å²) in [6, 6.07) is 14.6. The highest BCUT2D eigenvalue weighted by Crippen LogP contribution is 2.48. The summed E-state index contributed by atoms with van der Waals surface area (Å²) in [7, 11) is 0. The third-order valence-corrected chi connectivity index (χ3v) is 7.27. The second-order valence-electron chi connectivity index (χ2n) is 8.73. The number of nitrogens with zero attached hydrogens (tertiary/aromatic N) is 3. The summed E-state index contributed by atoms with van der Waals surface area (Å²) < 4.78 is 0. The van der Waals surface area contributed by atoms with Gasteiger partial charge in [-0.1, -0.05) is 30.0 Å². The second kappa shape index (κ2) is 13.9. The molecule has 0 spiro atoms. The number of para-hydroxylation sites is 1. The maximum absolute atomic E-state index is 11.9. The first kappa shape index (κ1) is 28.4. The summed E-state index contributed by atoms with van der Waals surface area (Å²) in [5.41, 5.74) is 3.15. The third-order valence-electron chi connectivity index (χ3n) is 6.14. The molecular formula is C27H33N3O6S. The van der Waals surface area contributed by atoms with Gasteiger partial charge in [-0.15, -0.1) is 0 Å². The molecule has 1 saturated heterocycles. The molecule has 2 aromatic carbocycles. The molecule has 0 aliphatic carbocycles. The number of benzene rings is 2. The number of β-amino-alcohol motifs (C(OH)–C–C–N with tert-alkyl or cyclic N) is 1. The molecule has 0 aromatic heterocycles. The summed E-state index contributed by atoms with van der Waals surface area (Å²) in [4.78, 5) is 40.7. The Bertz CT molecular complexity index is 1110. The number of anilines is 2. The molecule has 0 saturated carbocycles. The number of rotatable bonds is 9. The van der Waals surface area contributed by atoms with Crippen molar-refractivity contribution >= 4 is 40.9 Å². The molecule has 198 valence electrons. The van der Waals surface area contributed by atoms with Crippen LogP contribution in [0.25, 0.3) is 0 Å². The molecule has 4 rings (SSSR count). The molecule has 2 aliphatic heterocycles. The fourth-order valence-corrected chi connectivity index (χ4v) is 5.34. The highest BCUT2D eigenvalue weighted by molar-refractivity contribution is 7.99. The number of carbonyl (C=O) groups excluding carboxylic acids is 1. The Balaban J connectivity index is 0.000000414. The number of aliphatic carboxylic acids is 2. The molecule has 0 amide bonds. The van der Waals surface area contributed by atoms with Crippen molar-refractivity contribution < 1.29 is 29.7 Å². The van der Waals surface area contributed by atoms with E-state index in [1.807, 2.05) is 12.1 Å². The van der Waals surface area contributed by atoms with Crippen molar-refractivity contribution in [3.63, 3.8) is 0 Å². The van der Waals surface area contributed by atoms with Gasteiger partial charge in [0.15, 0.2) is 5.78 Å². The molecule has 2 aromatic rings. The molecule has 0 radical (unpaired) electrons. The van der Waals surface area contributed by atoms with Gasteiger partial charge in [0, 0.05) is 66.8 Å². The van der Waals surface area contributed by atoms with Gasteiger partial charge in [-0.25, -0.2) is 9.59 Å². The van der Waals surface area contributed by atoms with Crippen LogP contribution >= 0.6 is 11.8 Å². The number of fused-ring (bicyclic) bond motifs is 2. The third kappa shape index (κ3) is 8.43. The molecule has 0 unspecified atom stereocenters. The van der Waals surface area contributed by atoms with Gasteiger partial charge in [0.25, 0.3) is 0 Å². The van der Waals surface area contributed by atoms with Crippen LogP contribution in [0.1, 0.15) is 23.7 Å². The normalized spacial score (nSPS) is 15.5. The predicted molar refractivity (Wildman–Crippen MR) is 143 cm³/mol. The Kier molecular flexibility index (Phi) is 10.7. The van der Waals surface area contributed by atoms with Crippen molar-refractivity contribution in [3.05, 3.63) is 60.2 Å². The maximum Gasteiger partial charge on any atom is 0.328 e. The fourth-order valence-electron chi connectivity index (χ4n) is 4.26. The van der Waals surface area contributed by atoms with Gasteiger partial charge < -0.3 is 25.1 Å². The van der Waals surface area contributed by atoms with E-state index in [4.69, 9.17) is 15.3 Å². The summed E-state index contributed by atoms with van der Waals surface area (Å²) >= 11 is 1.78. The number of Topliss-reactive ketones (excluding diaryl/α,β-unsaturated/α-hetero) is 1. The Morgan fingerprint density at radius 1 is 0.838 bits per heavy atom. The Labute approximate surface area is 221 Å². The molecule has 3 N–H and O–H groups in total. The lowest BCUT2D eigenvalue weighted by Gasteiger charge is -2.36. The van der Waals surface area contributed by atoms with Crippen LogP contribution in [-0.4, -0.2) is 95.3 Å². The molecule has 2 heterocycles. The van der Waals surface area contributed by atoms with Crippen LogP contribution in [0.5, 0.6) is 0 Å². The van der Waals surface area contributed by atoms with Gasteiger partial charge >= 0.3 is 11.9 Å². The number of hydrogen-bond donors (Lipinski definition) is 3. The van der Waals surface area contributed by atoms with Crippen LogP contribution in [0.2, 0.25) is 0 Å². The van der Waals surface area contributed by atoms with Crippen molar-refractivity contribution in [1.82, 2.24) is 9.80 Å². The van der Waals surface area contributed by atoms with Gasteiger partial charge in [-0.3, -0.25) is 9.69 Å². The zero-order valence-electron chi connectivity index (χ0n) is 20.9. The Morgan fingerprint density at radius 3 is 2.03 bits per heavy atom. The molecular weight excluding hydrogens is 494 g/mol. The van der Waals surface area contributed by atoms with E-state index >= 15 is 0 Å². The highest BCUT2D eigenvalue weighted by Gasteiger charge is 2.24. The lowest BCUT2D eigenvalue weighted by molar-refractivity contribution is -0.134. The Morgan fingerprint density at radius 2 is 1.43 bits per heavy atom. The number of carboxylic acid groups (broad SMARTS) is 2. The number of carbonyl (C=O) groups is 3. The smallest absolute Gasteiger partial charge is 0.328 e. The van der Waals surface area contributed by atoms with Crippen molar-refractivity contribution in [2.45, 2.75) is 23.1 Å². The van der Waals surface area contributed by atoms with Gasteiger partial charge in [-0.2, -0.15) is 0 Å². The first-order chi connectivity index (χ1) is 17.8. The van der Waals surface area contributed by atoms with E-state index in [-0.39, 0.29) is 12.4 Å². The molecule has 10 heteroatoms. The standard InChI is InChI=1S/C23H29N3O2S.C4H4O4/c1-18(28)19-7-8-23-21(17-19)26(20-5-2-3-6-22(20)29-23)10-4-9-24-11-13-25(14-12-24)15-16-27;5-3(6)1-2-4(7)8/h2-3,5-8,17,27H,4,9-16H2,1H3;1-2H,(H,5,6)(H,7,8)/b;2-1+. The quantitative estimate of drug-likeness (QED) is 0.331. The van der Waals surface area contributed by atoms with E-state index in [0.29, 0.717) is 12.2 Å². The summed E-state index contributed by atoms with van der Waals surface area (Å²) in [5.74, 6) is -2.41. The molecule has 9 nitrogen and oxygen atoms in total. The molecule has 37 heavy (non-hydrogen) atoms. The van der Waals surface area contributed by atoms with E-state index in [0.717, 1.165) is 63.5 Å². The van der Waals surface area contributed by atoms with Crippen molar-refractivity contribution in [2.24, 2.45) is 0 Å². The average Bonchev–Trinajstić information content (AvgIpc) is 2.88.